The van der Waals surface area contributed by atoms with Crippen LogP contribution in [-0.2, 0) is 4.79 Å². The van der Waals surface area contributed by atoms with E-state index in [0.717, 1.165) is 0 Å². The van der Waals surface area contributed by atoms with E-state index < -0.39 is 42.6 Å². The van der Waals surface area contributed by atoms with Crippen molar-refractivity contribution in [2.75, 3.05) is 13.1 Å². The Bertz CT molecular complexity index is 826. The number of hydrogen-bond donors (Lipinski definition) is 3. The van der Waals surface area contributed by atoms with E-state index in [-0.39, 0.29) is 29.6 Å². The van der Waals surface area contributed by atoms with Crippen LogP contribution < -0.4 is 16.0 Å². The van der Waals surface area contributed by atoms with Gasteiger partial charge in [-0.2, -0.15) is 13.2 Å². The van der Waals surface area contributed by atoms with Gasteiger partial charge < -0.3 is 16.0 Å². The third-order valence-electron chi connectivity index (χ3n) is 5.94. The van der Waals surface area contributed by atoms with Crippen LogP contribution in [0.15, 0.2) is 18.2 Å². The zero-order valence-electron chi connectivity index (χ0n) is 17.1. The van der Waals surface area contributed by atoms with Gasteiger partial charge in [0.2, 0.25) is 5.91 Å². The lowest BCUT2D eigenvalue weighted by Gasteiger charge is -2.45. The number of halogens is 5. The highest BCUT2D eigenvalue weighted by Crippen LogP contribution is 2.38. The second kappa shape index (κ2) is 9.20. The average molecular weight is 465 g/mol. The first-order valence-corrected chi connectivity index (χ1v) is 10.4. The molecule has 0 aromatic heterocycles. The molecule has 0 aliphatic carbocycles. The van der Waals surface area contributed by atoms with Gasteiger partial charge in [-0.1, -0.05) is 17.7 Å². The van der Waals surface area contributed by atoms with Crippen LogP contribution in [0.25, 0.3) is 0 Å². The Labute approximate surface area is 182 Å². The van der Waals surface area contributed by atoms with E-state index in [0.29, 0.717) is 18.4 Å². The second-order valence-electron chi connectivity index (χ2n) is 8.28. The Kier molecular flexibility index (Phi) is 7.00. The van der Waals surface area contributed by atoms with Gasteiger partial charge in [-0.15, -0.1) is 0 Å². The highest BCUT2D eigenvalue weighted by molar-refractivity contribution is 6.30. The van der Waals surface area contributed by atoms with Gasteiger partial charge in [-0.25, -0.2) is 9.18 Å². The summed E-state index contributed by atoms with van der Waals surface area (Å²) in [5, 5.41) is 7.80. The summed E-state index contributed by atoms with van der Waals surface area (Å²) in [5.41, 5.74) is 0.561. The Morgan fingerprint density at radius 3 is 2.45 bits per heavy atom. The Morgan fingerprint density at radius 1 is 1.29 bits per heavy atom. The third kappa shape index (κ3) is 5.79. The summed E-state index contributed by atoms with van der Waals surface area (Å²) >= 11 is 5.94. The van der Waals surface area contributed by atoms with Gasteiger partial charge in [0.25, 0.3) is 0 Å². The molecule has 1 aromatic carbocycles. The van der Waals surface area contributed by atoms with Crippen molar-refractivity contribution in [1.29, 1.82) is 0 Å². The molecule has 31 heavy (non-hydrogen) atoms. The van der Waals surface area contributed by atoms with Crippen molar-refractivity contribution >= 4 is 23.5 Å². The predicted octanol–water partition coefficient (Wildman–Crippen LogP) is 3.37. The molecule has 1 aromatic rings. The van der Waals surface area contributed by atoms with E-state index in [4.69, 9.17) is 11.6 Å². The summed E-state index contributed by atoms with van der Waals surface area (Å²) in [4.78, 5) is 25.5. The van der Waals surface area contributed by atoms with E-state index in [9.17, 15) is 27.2 Å². The van der Waals surface area contributed by atoms with Crippen molar-refractivity contribution in [3.8, 4) is 0 Å². The number of likely N-dealkylation sites (tertiary alicyclic amines) is 1. The first-order chi connectivity index (χ1) is 14.4. The minimum absolute atomic E-state index is 0.108. The molecule has 1 unspecified atom stereocenters. The summed E-state index contributed by atoms with van der Waals surface area (Å²) in [6.45, 7) is 2.58. The molecule has 2 saturated heterocycles. The Hall–Kier alpha value is -2.07. The molecule has 172 valence electrons. The molecule has 2 aliphatic rings. The molecule has 2 heterocycles. The molecule has 6 nitrogen and oxygen atoms in total. The Balaban J connectivity index is 1.83. The summed E-state index contributed by atoms with van der Waals surface area (Å²) in [7, 11) is 0. The van der Waals surface area contributed by atoms with E-state index >= 15 is 0 Å². The maximum Gasteiger partial charge on any atom is 0.401 e. The molecule has 11 heteroatoms. The summed E-state index contributed by atoms with van der Waals surface area (Å²) in [6, 6.07) is 1.55. The molecule has 2 aliphatic heterocycles. The number of piperidine rings is 1. The van der Waals surface area contributed by atoms with Crippen molar-refractivity contribution < 1.29 is 27.2 Å². The predicted molar refractivity (Wildman–Crippen MR) is 107 cm³/mol. The van der Waals surface area contributed by atoms with Crippen LogP contribution in [-0.4, -0.2) is 54.2 Å². The lowest BCUT2D eigenvalue weighted by atomic mass is 9.79. The number of nitrogens with one attached hydrogen (secondary N) is 3. The number of carbonyl (C=O) groups is 2. The SMILES string of the molecule is C[C@@H]1C[C@H](C(NC(=O)[C@@H]2CNC(=O)N2)c2ccc(F)c(Cl)c2)C[C@H](C)N1CC(F)(F)F. The average Bonchev–Trinajstić information content (AvgIpc) is 3.10. The number of amides is 3. The van der Waals surface area contributed by atoms with Gasteiger partial charge in [-0.05, 0) is 50.3 Å². The molecule has 5 atom stereocenters. The zero-order valence-corrected chi connectivity index (χ0v) is 17.9. The highest BCUT2D eigenvalue weighted by atomic mass is 35.5. The normalized spacial score (nSPS) is 28.0. The van der Waals surface area contributed by atoms with Crippen LogP contribution in [0.2, 0.25) is 5.02 Å². The van der Waals surface area contributed by atoms with Gasteiger partial charge >= 0.3 is 12.2 Å². The van der Waals surface area contributed by atoms with Crippen LogP contribution in [0.1, 0.15) is 38.3 Å². The largest absolute Gasteiger partial charge is 0.401 e. The molecule has 0 bridgehead atoms. The molecule has 0 saturated carbocycles. The van der Waals surface area contributed by atoms with E-state index in [2.05, 4.69) is 16.0 Å². The quantitative estimate of drug-likeness (QED) is 0.585. The van der Waals surface area contributed by atoms with Gasteiger partial charge in [0.1, 0.15) is 11.9 Å². The summed E-state index contributed by atoms with van der Waals surface area (Å²) in [6.07, 6.45) is -3.51. The van der Waals surface area contributed by atoms with Crippen LogP contribution in [0.3, 0.4) is 0 Å². The van der Waals surface area contributed by atoms with Gasteiger partial charge in [0.05, 0.1) is 17.6 Å². The lowest BCUT2D eigenvalue weighted by Crippen LogP contribution is -2.53. The first kappa shape index (κ1) is 23.6. The molecule has 2 fully saturated rings. The number of alkyl halides is 3. The van der Waals surface area contributed by atoms with E-state index in [1.807, 2.05) is 0 Å². The number of rotatable bonds is 5. The molecular formula is C20H25ClF4N4O2. The standard InChI is InChI=1S/C20H25ClF4N4O2/c1-10-5-13(6-11(2)29(10)9-20(23,24)25)17(12-3-4-15(22)14(21)7-12)28-18(30)16-8-26-19(31)27-16/h3-4,7,10-11,13,16-17H,5-6,8-9H2,1-2H3,(H,28,30)(H2,26,27,31)/t10-,11+,13+,16-,17?/m0/s1. The smallest absolute Gasteiger partial charge is 0.347 e. The molecule has 0 spiro atoms. The van der Waals surface area contributed by atoms with Gasteiger partial charge in [-0.3, -0.25) is 9.69 Å². The van der Waals surface area contributed by atoms with E-state index in [1.54, 1.807) is 13.8 Å². The lowest BCUT2D eigenvalue weighted by molar-refractivity contribution is -0.161. The van der Waals surface area contributed by atoms with Crippen LogP contribution >= 0.6 is 11.6 Å². The molecular weight excluding hydrogens is 440 g/mol. The fourth-order valence-electron chi connectivity index (χ4n) is 4.51. The fourth-order valence-corrected chi connectivity index (χ4v) is 4.70. The fraction of sp³-hybridized carbons (Fsp3) is 0.600. The van der Waals surface area contributed by atoms with Gasteiger partial charge in [0, 0.05) is 18.6 Å². The second-order valence-corrected chi connectivity index (χ2v) is 8.69. The topological polar surface area (TPSA) is 73.5 Å². The van der Waals surface area contributed by atoms with Crippen molar-refractivity contribution in [1.82, 2.24) is 20.9 Å². The molecule has 3 N–H and O–H groups in total. The number of urea groups is 1. The molecule has 3 rings (SSSR count). The number of hydrogen-bond acceptors (Lipinski definition) is 3. The highest BCUT2D eigenvalue weighted by Gasteiger charge is 2.41. The summed E-state index contributed by atoms with van der Waals surface area (Å²) in [5.74, 6) is -1.24. The number of carbonyl (C=O) groups excluding carboxylic acids is 2. The number of benzene rings is 1. The summed E-state index contributed by atoms with van der Waals surface area (Å²) < 4.78 is 52.6. The molecule has 3 amide bonds. The monoisotopic (exact) mass is 464 g/mol. The minimum Gasteiger partial charge on any atom is -0.347 e. The van der Waals surface area contributed by atoms with Crippen LogP contribution in [0.5, 0.6) is 0 Å². The van der Waals surface area contributed by atoms with Crippen molar-refractivity contribution in [3.63, 3.8) is 0 Å². The number of nitrogens with zero attached hydrogens (tertiary/aromatic N) is 1. The first-order valence-electron chi connectivity index (χ1n) is 10.1. The third-order valence-corrected chi connectivity index (χ3v) is 6.23. The van der Waals surface area contributed by atoms with Crippen LogP contribution in [0, 0.1) is 11.7 Å². The minimum atomic E-state index is -4.30. The van der Waals surface area contributed by atoms with Crippen molar-refractivity contribution in [2.45, 2.75) is 57.0 Å². The maximum absolute atomic E-state index is 13.7. The van der Waals surface area contributed by atoms with Crippen molar-refractivity contribution in [3.05, 3.63) is 34.6 Å². The van der Waals surface area contributed by atoms with Gasteiger partial charge in [0.15, 0.2) is 0 Å². The van der Waals surface area contributed by atoms with Crippen LogP contribution in [0.4, 0.5) is 22.4 Å². The maximum atomic E-state index is 13.7. The Morgan fingerprint density at radius 2 is 1.94 bits per heavy atom. The van der Waals surface area contributed by atoms with E-state index in [1.165, 1.54) is 23.1 Å². The van der Waals surface area contributed by atoms with Crippen molar-refractivity contribution in [2.24, 2.45) is 5.92 Å². The molecule has 0 radical (unpaired) electrons. The zero-order chi connectivity index (χ0) is 22.9.